The van der Waals surface area contributed by atoms with Crippen LogP contribution in [0.1, 0.15) is 32.6 Å². The standard InChI is InChI=1S/C21H24ClN3O3/c1-2-5-20(26)25-12-9-15(10-13-25)21(27)24-16-8-11-23-19(14-16)28-18-7-4-3-6-17(18)22/h3-4,6-8,11,14-15H,2,5,9-10,12-13H2,1H3,(H,23,24,27). The number of rotatable bonds is 6. The molecule has 7 heteroatoms. The van der Waals surface area contributed by atoms with Gasteiger partial charge in [0.15, 0.2) is 0 Å². The van der Waals surface area contributed by atoms with E-state index in [1.165, 1.54) is 0 Å². The number of hydrogen-bond donors (Lipinski definition) is 1. The number of ether oxygens (including phenoxy) is 1. The molecule has 0 unspecified atom stereocenters. The number of anilines is 1. The van der Waals surface area contributed by atoms with Crippen molar-refractivity contribution in [1.29, 1.82) is 0 Å². The summed E-state index contributed by atoms with van der Waals surface area (Å²) in [4.78, 5) is 30.6. The molecule has 6 nitrogen and oxygen atoms in total. The van der Waals surface area contributed by atoms with Gasteiger partial charge < -0.3 is 15.0 Å². The second-order valence-electron chi connectivity index (χ2n) is 6.81. The Hall–Kier alpha value is -2.60. The van der Waals surface area contributed by atoms with Crippen LogP contribution in [0.25, 0.3) is 0 Å². The van der Waals surface area contributed by atoms with Crippen LogP contribution in [0.4, 0.5) is 5.69 Å². The Kier molecular flexibility index (Phi) is 6.87. The first kappa shape index (κ1) is 20.1. The maximum atomic E-state index is 12.6. The molecular formula is C21H24ClN3O3. The SMILES string of the molecule is CCCC(=O)N1CCC(C(=O)Nc2ccnc(Oc3ccccc3Cl)c2)CC1. The number of halogens is 1. The Morgan fingerprint density at radius 2 is 2.00 bits per heavy atom. The monoisotopic (exact) mass is 401 g/mol. The first-order chi connectivity index (χ1) is 13.6. The predicted octanol–water partition coefficient (Wildman–Crippen LogP) is 4.50. The van der Waals surface area contributed by atoms with Crippen LogP contribution in [-0.4, -0.2) is 34.8 Å². The van der Waals surface area contributed by atoms with Gasteiger partial charge in [0.2, 0.25) is 17.7 Å². The molecule has 1 saturated heterocycles. The van der Waals surface area contributed by atoms with Crippen LogP contribution in [0.2, 0.25) is 5.02 Å². The third-order valence-corrected chi connectivity index (χ3v) is 5.05. The number of carbonyl (C=O) groups is 2. The summed E-state index contributed by atoms with van der Waals surface area (Å²) in [6, 6.07) is 10.5. The van der Waals surface area contributed by atoms with Crippen molar-refractivity contribution in [2.24, 2.45) is 5.92 Å². The number of benzene rings is 1. The molecule has 0 saturated carbocycles. The minimum absolute atomic E-state index is 0.0440. The highest BCUT2D eigenvalue weighted by Gasteiger charge is 2.27. The van der Waals surface area contributed by atoms with Crippen LogP contribution >= 0.6 is 11.6 Å². The second-order valence-corrected chi connectivity index (χ2v) is 7.22. The summed E-state index contributed by atoms with van der Waals surface area (Å²) in [5, 5.41) is 3.42. The van der Waals surface area contributed by atoms with E-state index in [-0.39, 0.29) is 17.7 Å². The van der Waals surface area contributed by atoms with Gasteiger partial charge >= 0.3 is 0 Å². The van der Waals surface area contributed by atoms with Gasteiger partial charge in [-0.25, -0.2) is 4.98 Å². The van der Waals surface area contributed by atoms with Gasteiger partial charge in [-0.05, 0) is 37.5 Å². The highest BCUT2D eigenvalue weighted by molar-refractivity contribution is 6.32. The maximum Gasteiger partial charge on any atom is 0.227 e. The van der Waals surface area contributed by atoms with E-state index in [1.807, 2.05) is 24.0 Å². The number of carbonyl (C=O) groups excluding carboxylic acids is 2. The number of nitrogens with zero attached hydrogens (tertiary/aromatic N) is 2. The fourth-order valence-corrected chi connectivity index (χ4v) is 3.36. The molecule has 1 aromatic carbocycles. The molecular weight excluding hydrogens is 378 g/mol. The smallest absolute Gasteiger partial charge is 0.227 e. The number of amides is 2. The molecule has 3 rings (SSSR count). The Labute approximate surface area is 169 Å². The summed E-state index contributed by atoms with van der Waals surface area (Å²) in [5.41, 5.74) is 0.617. The van der Waals surface area contributed by atoms with Gasteiger partial charge in [-0.2, -0.15) is 0 Å². The summed E-state index contributed by atoms with van der Waals surface area (Å²) in [6.07, 6.45) is 4.35. The molecule has 0 atom stereocenters. The molecule has 1 aromatic heterocycles. The number of nitrogens with one attached hydrogen (secondary N) is 1. The zero-order chi connectivity index (χ0) is 19.9. The molecule has 1 aliphatic rings. The number of aromatic nitrogens is 1. The van der Waals surface area contributed by atoms with Gasteiger partial charge in [-0.15, -0.1) is 0 Å². The van der Waals surface area contributed by atoms with E-state index in [0.29, 0.717) is 54.7 Å². The molecule has 0 aliphatic carbocycles. The molecule has 1 aliphatic heterocycles. The molecule has 0 spiro atoms. The van der Waals surface area contributed by atoms with Crippen LogP contribution in [0.5, 0.6) is 11.6 Å². The Bertz CT molecular complexity index is 835. The fourth-order valence-electron chi connectivity index (χ4n) is 3.19. The Morgan fingerprint density at radius 1 is 1.25 bits per heavy atom. The molecule has 0 radical (unpaired) electrons. The second kappa shape index (κ2) is 9.55. The average Bonchev–Trinajstić information content (AvgIpc) is 2.70. The average molecular weight is 402 g/mol. The largest absolute Gasteiger partial charge is 0.437 e. The zero-order valence-electron chi connectivity index (χ0n) is 15.9. The van der Waals surface area contributed by atoms with E-state index >= 15 is 0 Å². The quantitative estimate of drug-likeness (QED) is 0.773. The van der Waals surface area contributed by atoms with Crippen molar-refractivity contribution in [2.45, 2.75) is 32.6 Å². The lowest BCUT2D eigenvalue weighted by atomic mass is 9.95. The minimum Gasteiger partial charge on any atom is -0.437 e. The van der Waals surface area contributed by atoms with E-state index < -0.39 is 0 Å². The van der Waals surface area contributed by atoms with Gasteiger partial charge in [-0.1, -0.05) is 30.7 Å². The van der Waals surface area contributed by atoms with Gasteiger partial charge in [0.25, 0.3) is 0 Å². The topological polar surface area (TPSA) is 71.5 Å². The highest BCUT2D eigenvalue weighted by atomic mass is 35.5. The number of hydrogen-bond acceptors (Lipinski definition) is 4. The van der Waals surface area contributed by atoms with Crippen molar-refractivity contribution in [2.75, 3.05) is 18.4 Å². The first-order valence-corrected chi connectivity index (χ1v) is 9.91. The van der Waals surface area contributed by atoms with Crippen molar-refractivity contribution >= 4 is 29.1 Å². The number of likely N-dealkylation sites (tertiary alicyclic amines) is 1. The van der Waals surface area contributed by atoms with Crippen LogP contribution in [-0.2, 0) is 9.59 Å². The molecule has 2 amide bonds. The summed E-state index contributed by atoms with van der Waals surface area (Å²) in [6.45, 7) is 3.26. The summed E-state index contributed by atoms with van der Waals surface area (Å²) >= 11 is 6.10. The van der Waals surface area contributed by atoms with E-state index in [9.17, 15) is 9.59 Å². The number of piperidine rings is 1. The molecule has 2 heterocycles. The summed E-state index contributed by atoms with van der Waals surface area (Å²) in [5.74, 6) is 0.885. The van der Waals surface area contributed by atoms with Crippen molar-refractivity contribution < 1.29 is 14.3 Å². The molecule has 28 heavy (non-hydrogen) atoms. The van der Waals surface area contributed by atoms with Gasteiger partial charge in [0.05, 0.1) is 5.02 Å². The van der Waals surface area contributed by atoms with Crippen molar-refractivity contribution in [3.63, 3.8) is 0 Å². The van der Waals surface area contributed by atoms with Crippen molar-refractivity contribution in [3.8, 4) is 11.6 Å². The highest BCUT2D eigenvalue weighted by Crippen LogP contribution is 2.29. The van der Waals surface area contributed by atoms with E-state index in [2.05, 4.69) is 10.3 Å². The lowest BCUT2D eigenvalue weighted by Gasteiger charge is -2.31. The number of pyridine rings is 1. The van der Waals surface area contributed by atoms with Crippen LogP contribution in [0.3, 0.4) is 0 Å². The van der Waals surface area contributed by atoms with Gasteiger partial charge in [0, 0.05) is 43.4 Å². The summed E-state index contributed by atoms with van der Waals surface area (Å²) in [7, 11) is 0. The zero-order valence-corrected chi connectivity index (χ0v) is 16.6. The Balaban J connectivity index is 1.56. The molecule has 2 aromatic rings. The van der Waals surface area contributed by atoms with Crippen LogP contribution in [0.15, 0.2) is 42.6 Å². The van der Waals surface area contributed by atoms with Crippen LogP contribution < -0.4 is 10.1 Å². The maximum absolute atomic E-state index is 12.6. The summed E-state index contributed by atoms with van der Waals surface area (Å²) < 4.78 is 5.70. The van der Waals surface area contributed by atoms with E-state index in [0.717, 1.165) is 6.42 Å². The number of para-hydroxylation sites is 1. The minimum atomic E-state index is -0.105. The van der Waals surface area contributed by atoms with Gasteiger partial charge in [0.1, 0.15) is 5.75 Å². The van der Waals surface area contributed by atoms with Crippen molar-refractivity contribution in [3.05, 3.63) is 47.6 Å². The lowest BCUT2D eigenvalue weighted by Crippen LogP contribution is -2.41. The molecule has 1 fully saturated rings. The fraction of sp³-hybridized carbons (Fsp3) is 0.381. The predicted molar refractivity (Wildman–Crippen MR) is 109 cm³/mol. The van der Waals surface area contributed by atoms with E-state index in [1.54, 1.807) is 30.5 Å². The first-order valence-electron chi connectivity index (χ1n) is 9.54. The third kappa shape index (κ3) is 5.23. The van der Waals surface area contributed by atoms with Gasteiger partial charge in [-0.3, -0.25) is 9.59 Å². The van der Waals surface area contributed by atoms with Crippen LogP contribution in [0, 0.1) is 5.92 Å². The lowest BCUT2D eigenvalue weighted by molar-refractivity contribution is -0.134. The molecule has 0 bridgehead atoms. The third-order valence-electron chi connectivity index (χ3n) is 4.74. The normalized spacial score (nSPS) is 14.6. The van der Waals surface area contributed by atoms with Crippen molar-refractivity contribution in [1.82, 2.24) is 9.88 Å². The molecule has 1 N–H and O–H groups in total. The van der Waals surface area contributed by atoms with E-state index in [4.69, 9.17) is 16.3 Å². The Morgan fingerprint density at radius 3 is 2.71 bits per heavy atom. The molecule has 148 valence electrons.